The van der Waals surface area contributed by atoms with Crippen molar-refractivity contribution in [1.29, 1.82) is 0 Å². The number of rotatable bonds is 4. The Balaban J connectivity index is 1.19. The molecule has 0 spiro atoms. The summed E-state index contributed by atoms with van der Waals surface area (Å²) in [4.78, 5) is 0. The van der Waals surface area contributed by atoms with Crippen LogP contribution >= 0.6 is 0 Å². The van der Waals surface area contributed by atoms with Gasteiger partial charge in [0.25, 0.3) is 0 Å². The van der Waals surface area contributed by atoms with E-state index in [2.05, 4.69) is 194 Å². The summed E-state index contributed by atoms with van der Waals surface area (Å²) in [6, 6.07) is 70.4. The Morgan fingerprint density at radius 2 is 0.717 bits per heavy atom. The van der Waals surface area contributed by atoms with E-state index >= 15 is 0 Å². The molecule has 1 nitrogen and oxygen atoms in total. The van der Waals surface area contributed by atoms with Crippen LogP contribution in [0.15, 0.2) is 199 Å². The van der Waals surface area contributed by atoms with E-state index in [0.29, 0.717) is 0 Å². The van der Waals surface area contributed by atoms with Gasteiger partial charge in [0.15, 0.2) is 0 Å². The molecule has 0 aliphatic carbocycles. The first-order valence-electron chi connectivity index (χ1n) is 18.3. The summed E-state index contributed by atoms with van der Waals surface area (Å²) in [6.45, 7) is 0. The SMILES string of the molecule is c1ccc(-c2cccc3c2oc2c(-c4c5ccccc5c(-c5ccc(-c6ccc7ccccc7c6)c6ccccc56)c5ccccc45)cccc23)cc1. The minimum absolute atomic E-state index is 0.916. The highest BCUT2D eigenvalue weighted by Gasteiger charge is 2.22. The zero-order valence-electron chi connectivity index (χ0n) is 28.9. The Kier molecular flexibility index (Phi) is 6.62. The lowest BCUT2D eigenvalue weighted by Crippen LogP contribution is -1.92. The molecule has 0 aliphatic rings. The van der Waals surface area contributed by atoms with Crippen molar-refractivity contribution in [1.82, 2.24) is 0 Å². The van der Waals surface area contributed by atoms with E-state index in [1.165, 1.54) is 70.9 Å². The van der Waals surface area contributed by atoms with E-state index in [-0.39, 0.29) is 0 Å². The van der Waals surface area contributed by atoms with Crippen LogP contribution in [-0.4, -0.2) is 0 Å². The molecule has 1 heteroatoms. The summed E-state index contributed by atoms with van der Waals surface area (Å²) in [5.41, 5.74) is 11.4. The van der Waals surface area contributed by atoms with E-state index in [4.69, 9.17) is 4.42 Å². The topological polar surface area (TPSA) is 13.1 Å². The minimum atomic E-state index is 0.916. The molecule has 1 heterocycles. The molecule has 246 valence electrons. The number of fused-ring (bicyclic) bond motifs is 7. The zero-order chi connectivity index (χ0) is 34.9. The minimum Gasteiger partial charge on any atom is -0.455 e. The molecule has 0 unspecified atom stereocenters. The van der Waals surface area contributed by atoms with Crippen molar-refractivity contribution in [2.45, 2.75) is 0 Å². The largest absolute Gasteiger partial charge is 0.455 e. The van der Waals surface area contributed by atoms with Crippen LogP contribution in [0.5, 0.6) is 0 Å². The third-order valence-corrected chi connectivity index (χ3v) is 11.1. The zero-order valence-corrected chi connectivity index (χ0v) is 28.9. The van der Waals surface area contributed by atoms with Gasteiger partial charge >= 0.3 is 0 Å². The van der Waals surface area contributed by atoms with Crippen LogP contribution in [0.4, 0.5) is 0 Å². The molecule has 11 aromatic rings. The Bertz CT molecular complexity index is 3160. The summed E-state index contributed by atoms with van der Waals surface area (Å²) < 4.78 is 6.98. The Morgan fingerprint density at radius 3 is 1.38 bits per heavy atom. The van der Waals surface area contributed by atoms with Crippen LogP contribution in [0.2, 0.25) is 0 Å². The van der Waals surface area contributed by atoms with Gasteiger partial charge in [-0.25, -0.2) is 0 Å². The van der Waals surface area contributed by atoms with Crippen molar-refractivity contribution < 1.29 is 4.42 Å². The summed E-state index contributed by atoms with van der Waals surface area (Å²) in [6.07, 6.45) is 0. The summed E-state index contributed by atoms with van der Waals surface area (Å²) in [5.74, 6) is 0. The highest BCUT2D eigenvalue weighted by molar-refractivity contribution is 6.26. The lowest BCUT2D eigenvalue weighted by molar-refractivity contribution is 0.671. The summed E-state index contributed by atoms with van der Waals surface area (Å²) in [7, 11) is 0. The Labute approximate surface area is 307 Å². The van der Waals surface area contributed by atoms with Gasteiger partial charge < -0.3 is 4.42 Å². The van der Waals surface area contributed by atoms with Crippen molar-refractivity contribution in [3.05, 3.63) is 194 Å². The molecule has 0 N–H and O–H groups in total. The molecule has 0 saturated carbocycles. The van der Waals surface area contributed by atoms with Crippen molar-refractivity contribution >= 4 is 65.0 Å². The first kappa shape index (κ1) is 29.7. The average molecular weight is 673 g/mol. The number of hydrogen-bond acceptors (Lipinski definition) is 1. The standard InChI is InChI=1S/C52H32O/c1-2-15-34(16-3-1)38-24-12-25-46-47-26-13-27-48(52(47)53-51(38)46)50-43-22-10-8-20-41(43)49(42-21-9-11-23-44(42)50)45-31-30-37(39-18-6-7-19-40(39)45)36-29-28-33-14-4-5-17-35(33)32-36/h1-32H. The highest BCUT2D eigenvalue weighted by Crippen LogP contribution is 2.49. The fourth-order valence-corrected chi connectivity index (χ4v) is 8.70. The predicted octanol–water partition coefficient (Wildman–Crippen LogP) is 14.9. The van der Waals surface area contributed by atoms with Crippen molar-refractivity contribution in [3.63, 3.8) is 0 Å². The Hall–Kier alpha value is -6.96. The maximum absolute atomic E-state index is 6.98. The second-order valence-electron chi connectivity index (χ2n) is 13.9. The number of hydrogen-bond donors (Lipinski definition) is 0. The van der Waals surface area contributed by atoms with Gasteiger partial charge in [0, 0.05) is 27.5 Å². The molecular formula is C52H32O. The van der Waals surface area contributed by atoms with Crippen LogP contribution in [0.1, 0.15) is 0 Å². The third-order valence-electron chi connectivity index (χ3n) is 11.1. The van der Waals surface area contributed by atoms with E-state index in [0.717, 1.165) is 38.6 Å². The fraction of sp³-hybridized carbons (Fsp3) is 0. The van der Waals surface area contributed by atoms with Gasteiger partial charge in [-0.2, -0.15) is 0 Å². The predicted molar refractivity (Wildman–Crippen MR) is 225 cm³/mol. The molecule has 0 bridgehead atoms. The van der Waals surface area contributed by atoms with E-state index < -0.39 is 0 Å². The molecule has 0 aliphatic heterocycles. The molecule has 11 rings (SSSR count). The smallest absolute Gasteiger partial charge is 0.143 e. The number of para-hydroxylation sites is 2. The van der Waals surface area contributed by atoms with E-state index in [1.807, 2.05) is 0 Å². The molecule has 0 radical (unpaired) electrons. The molecule has 0 fully saturated rings. The number of furan rings is 1. The van der Waals surface area contributed by atoms with Gasteiger partial charge in [-0.05, 0) is 77.0 Å². The van der Waals surface area contributed by atoms with Crippen LogP contribution in [0, 0.1) is 0 Å². The second kappa shape index (κ2) is 11.8. The first-order chi connectivity index (χ1) is 26.3. The van der Waals surface area contributed by atoms with Gasteiger partial charge in [-0.15, -0.1) is 0 Å². The van der Waals surface area contributed by atoms with Gasteiger partial charge in [0.2, 0.25) is 0 Å². The van der Waals surface area contributed by atoms with Gasteiger partial charge in [-0.3, -0.25) is 0 Å². The van der Waals surface area contributed by atoms with Crippen molar-refractivity contribution in [2.24, 2.45) is 0 Å². The van der Waals surface area contributed by atoms with Gasteiger partial charge in [0.05, 0.1) is 0 Å². The lowest BCUT2D eigenvalue weighted by atomic mass is 9.83. The van der Waals surface area contributed by atoms with Crippen LogP contribution in [-0.2, 0) is 0 Å². The fourth-order valence-electron chi connectivity index (χ4n) is 8.70. The molecule has 0 saturated heterocycles. The summed E-state index contributed by atoms with van der Waals surface area (Å²) in [5, 5.41) is 12.1. The molecular weight excluding hydrogens is 641 g/mol. The van der Waals surface area contributed by atoms with Crippen molar-refractivity contribution in [3.8, 4) is 44.5 Å². The van der Waals surface area contributed by atoms with Crippen molar-refractivity contribution in [2.75, 3.05) is 0 Å². The maximum Gasteiger partial charge on any atom is 0.143 e. The Morgan fingerprint density at radius 1 is 0.245 bits per heavy atom. The average Bonchev–Trinajstić information content (AvgIpc) is 3.62. The lowest BCUT2D eigenvalue weighted by Gasteiger charge is -2.20. The molecule has 10 aromatic carbocycles. The molecule has 53 heavy (non-hydrogen) atoms. The van der Waals surface area contributed by atoms with E-state index in [9.17, 15) is 0 Å². The van der Waals surface area contributed by atoms with E-state index in [1.54, 1.807) is 0 Å². The monoisotopic (exact) mass is 672 g/mol. The quantitative estimate of drug-likeness (QED) is 0.170. The van der Waals surface area contributed by atoms with Crippen LogP contribution in [0.3, 0.4) is 0 Å². The van der Waals surface area contributed by atoms with Crippen LogP contribution < -0.4 is 0 Å². The second-order valence-corrected chi connectivity index (χ2v) is 13.9. The third kappa shape index (κ3) is 4.58. The molecule has 0 atom stereocenters. The highest BCUT2D eigenvalue weighted by atomic mass is 16.3. The molecule has 0 amide bonds. The first-order valence-corrected chi connectivity index (χ1v) is 18.3. The van der Waals surface area contributed by atoms with Gasteiger partial charge in [-0.1, -0.05) is 188 Å². The summed E-state index contributed by atoms with van der Waals surface area (Å²) >= 11 is 0. The van der Waals surface area contributed by atoms with Gasteiger partial charge in [0.1, 0.15) is 11.2 Å². The van der Waals surface area contributed by atoms with Crippen LogP contribution in [0.25, 0.3) is 110 Å². The maximum atomic E-state index is 6.98. The normalized spacial score (nSPS) is 11.8. The molecule has 1 aromatic heterocycles. The number of benzene rings is 10.